The summed E-state index contributed by atoms with van der Waals surface area (Å²) in [6.07, 6.45) is 4.78. The summed E-state index contributed by atoms with van der Waals surface area (Å²) < 4.78 is 5.59. The summed E-state index contributed by atoms with van der Waals surface area (Å²) in [4.78, 5) is 22.1. The Balaban J connectivity index is 1.79. The molecule has 8 nitrogen and oxygen atoms in total. The van der Waals surface area contributed by atoms with E-state index in [9.17, 15) is 4.79 Å². The average molecular weight is 368 g/mol. The van der Waals surface area contributed by atoms with Crippen LogP contribution in [-0.2, 0) is 11.3 Å². The van der Waals surface area contributed by atoms with Crippen molar-refractivity contribution in [3.8, 4) is 0 Å². The van der Waals surface area contributed by atoms with Crippen LogP contribution >= 0.6 is 0 Å². The number of nitrogens with one attached hydrogen (secondary N) is 2. The highest BCUT2D eigenvalue weighted by Crippen LogP contribution is 2.29. The number of carbonyl (C=O) groups excluding carboxylic acids is 1. The van der Waals surface area contributed by atoms with E-state index in [0.29, 0.717) is 37.1 Å². The second-order valence-corrected chi connectivity index (χ2v) is 6.28. The van der Waals surface area contributed by atoms with Crippen LogP contribution in [0, 0.1) is 6.92 Å². The van der Waals surface area contributed by atoms with Crippen LogP contribution in [0.25, 0.3) is 0 Å². The van der Waals surface area contributed by atoms with Crippen molar-refractivity contribution in [2.24, 2.45) is 10.7 Å². The first-order valence-electron chi connectivity index (χ1n) is 8.78. The van der Waals surface area contributed by atoms with Gasteiger partial charge in [-0.05, 0) is 30.7 Å². The highest BCUT2D eigenvalue weighted by atomic mass is 16.3. The number of amidine groups is 1. The second kappa shape index (κ2) is 8.39. The summed E-state index contributed by atoms with van der Waals surface area (Å²) in [5.74, 6) is 1.84. The molecule has 1 atom stereocenters. The summed E-state index contributed by atoms with van der Waals surface area (Å²) in [5, 5.41) is 5.93. The molecule has 3 rings (SSSR count). The first-order chi connectivity index (χ1) is 13.0. The third kappa shape index (κ3) is 4.66. The number of nitrogens with zero attached hydrogens (tertiary/aromatic N) is 3. The van der Waals surface area contributed by atoms with Crippen LogP contribution < -0.4 is 16.4 Å². The number of rotatable bonds is 6. The Bertz CT molecular complexity index is 844. The number of nitrogens with two attached hydrogens (primary N) is 1. The van der Waals surface area contributed by atoms with Crippen LogP contribution in [0.5, 0.6) is 0 Å². The van der Waals surface area contributed by atoms with Crippen LogP contribution in [0.3, 0.4) is 0 Å². The summed E-state index contributed by atoms with van der Waals surface area (Å²) in [6, 6.07) is 7.63. The Morgan fingerprint density at radius 2 is 2.19 bits per heavy atom. The quantitative estimate of drug-likeness (QED) is 0.666. The summed E-state index contributed by atoms with van der Waals surface area (Å²) in [6.45, 7) is 5.08. The normalized spacial score (nSPS) is 16.5. The van der Waals surface area contributed by atoms with Gasteiger partial charge in [0.2, 0.25) is 5.91 Å². The van der Waals surface area contributed by atoms with Crippen molar-refractivity contribution in [3.63, 3.8) is 0 Å². The van der Waals surface area contributed by atoms with Crippen molar-refractivity contribution < 1.29 is 9.21 Å². The Morgan fingerprint density at radius 3 is 2.89 bits per heavy atom. The van der Waals surface area contributed by atoms with Crippen molar-refractivity contribution >= 4 is 11.7 Å². The van der Waals surface area contributed by atoms with Gasteiger partial charge in [-0.1, -0.05) is 6.07 Å². The Kier molecular flexibility index (Phi) is 5.75. The first-order valence-corrected chi connectivity index (χ1v) is 8.78. The van der Waals surface area contributed by atoms with Gasteiger partial charge in [0.05, 0.1) is 18.5 Å². The predicted octanol–water partition coefficient (Wildman–Crippen LogP) is 1.42. The number of aromatic nitrogens is 1. The number of aliphatic imine (C=N–C) groups is 1. The Labute approximate surface area is 158 Å². The van der Waals surface area contributed by atoms with Crippen molar-refractivity contribution in [2.75, 3.05) is 13.1 Å². The molecule has 4 N–H and O–H groups in total. The number of furan rings is 1. The van der Waals surface area contributed by atoms with E-state index < -0.39 is 6.17 Å². The molecule has 0 aliphatic carbocycles. The molecule has 3 heterocycles. The van der Waals surface area contributed by atoms with Gasteiger partial charge in [0.1, 0.15) is 17.4 Å². The van der Waals surface area contributed by atoms with E-state index in [1.165, 1.54) is 6.92 Å². The molecule has 2 aromatic heterocycles. The zero-order valence-electron chi connectivity index (χ0n) is 15.5. The van der Waals surface area contributed by atoms with Crippen molar-refractivity contribution in [1.82, 2.24) is 20.5 Å². The molecular weight excluding hydrogens is 344 g/mol. The van der Waals surface area contributed by atoms with Crippen molar-refractivity contribution in [3.05, 3.63) is 65.6 Å². The van der Waals surface area contributed by atoms with E-state index >= 15 is 0 Å². The minimum atomic E-state index is -0.394. The van der Waals surface area contributed by atoms with E-state index in [1.807, 2.05) is 36.1 Å². The molecule has 142 valence electrons. The number of aryl methyl sites for hydroxylation is 1. The van der Waals surface area contributed by atoms with Crippen molar-refractivity contribution in [1.29, 1.82) is 0 Å². The van der Waals surface area contributed by atoms with E-state index in [0.717, 1.165) is 11.3 Å². The lowest BCUT2D eigenvalue weighted by Crippen LogP contribution is -2.40. The number of amides is 1. The summed E-state index contributed by atoms with van der Waals surface area (Å²) in [7, 11) is 0. The molecule has 2 aromatic rings. The maximum Gasteiger partial charge on any atom is 0.216 e. The molecule has 0 radical (unpaired) electrons. The standard InChI is InChI=1S/C19H24N6O2/c1-13-5-3-7-22-15(13)12-25-17(20)11-18(23-9-8-21-14(2)26)24-19(25)16-6-4-10-27-16/h3-7,10-11,19H,8-9,12,20H2,1-2H3,(H,21,26)(H,23,24). The second-order valence-electron chi connectivity index (χ2n) is 6.28. The van der Waals surface area contributed by atoms with Gasteiger partial charge in [0.15, 0.2) is 6.17 Å². The molecule has 0 fully saturated rings. The molecule has 8 heteroatoms. The summed E-state index contributed by atoms with van der Waals surface area (Å²) >= 11 is 0. The van der Waals surface area contributed by atoms with Gasteiger partial charge in [0, 0.05) is 32.3 Å². The molecule has 1 aliphatic heterocycles. The lowest BCUT2D eigenvalue weighted by Gasteiger charge is -2.33. The minimum Gasteiger partial charge on any atom is -0.465 e. The molecule has 27 heavy (non-hydrogen) atoms. The van der Waals surface area contributed by atoms with Crippen LogP contribution in [0.1, 0.15) is 30.1 Å². The zero-order chi connectivity index (χ0) is 19.2. The van der Waals surface area contributed by atoms with Gasteiger partial charge >= 0.3 is 0 Å². The number of hydrogen-bond donors (Lipinski definition) is 3. The van der Waals surface area contributed by atoms with Gasteiger partial charge in [-0.2, -0.15) is 0 Å². The third-order valence-electron chi connectivity index (χ3n) is 4.21. The topological polar surface area (TPSA) is 109 Å². The van der Waals surface area contributed by atoms with E-state index in [1.54, 1.807) is 18.5 Å². The lowest BCUT2D eigenvalue weighted by molar-refractivity contribution is -0.118. The average Bonchev–Trinajstić information content (AvgIpc) is 3.16. The molecule has 0 aromatic carbocycles. The fraction of sp³-hybridized carbons (Fsp3) is 0.316. The van der Waals surface area contributed by atoms with Gasteiger partial charge < -0.3 is 25.7 Å². The van der Waals surface area contributed by atoms with Crippen LogP contribution in [0.15, 0.2) is 58.0 Å². The van der Waals surface area contributed by atoms with E-state index in [4.69, 9.17) is 15.1 Å². The number of hydrogen-bond acceptors (Lipinski definition) is 7. The molecule has 1 amide bonds. The zero-order valence-corrected chi connectivity index (χ0v) is 15.5. The fourth-order valence-electron chi connectivity index (χ4n) is 2.81. The van der Waals surface area contributed by atoms with Crippen LogP contribution in [0.2, 0.25) is 0 Å². The smallest absolute Gasteiger partial charge is 0.216 e. The van der Waals surface area contributed by atoms with E-state index in [2.05, 4.69) is 15.6 Å². The van der Waals surface area contributed by atoms with Crippen LogP contribution in [-0.4, -0.2) is 34.7 Å². The predicted molar refractivity (Wildman–Crippen MR) is 102 cm³/mol. The van der Waals surface area contributed by atoms with Gasteiger partial charge in [-0.3, -0.25) is 9.78 Å². The Hall–Kier alpha value is -3.29. The molecular formula is C19H24N6O2. The van der Waals surface area contributed by atoms with Crippen molar-refractivity contribution in [2.45, 2.75) is 26.6 Å². The molecule has 0 saturated heterocycles. The molecule has 0 saturated carbocycles. The van der Waals surface area contributed by atoms with Gasteiger partial charge in [-0.25, -0.2) is 4.99 Å². The first kappa shape index (κ1) is 18.5. The van der Waals surface area contributed by atoms with Gasteiger partial charge in [-0.15, -0.1) is 0 Å². The monoisotopic (exact) mass is 368 g/mol. The summed E-state index contributed by atoms with van der Waals surface area (Å²) in [5.41, 5.74) is 8.37. The molecule has 1 aliphatic rings. The number of carbonyl (C=O) groups is 1. The molecule has 1 unspecified atom stereocenters. The minimum absolute atomic E-state index is 0.0668. The molecule has 0 spiro atoms. The molecule has 0 bridgehead atoms. The van der Waals surface area contributed by atoms with E-state index in [-0.39, 0.29) is 5.91 Å². The van der Waals surface area contributed by atoms with Crippen LogP contribution in [0.4, 0.5) is 0 Å². The largest absolute Gasteiger partial charge is 0.465 e. The SMILES string of the molecule is CC(=O)NCCNC1=NC(c2ccco2)N(Cc2ncccc2C)C(N)=C1. The fourth-order valence-corrected chi connectivity index (χ4v) is 2.81. The third-order valence-corrected chi connectivity index (χ3v) is 4.21. The van der Waals surface area contributed by atoms with Gasteiger partial charge in [0.25, 0.3) is 0 Å². The highest BCUT2D eigenvalue weighted by Gasteiger charge is 2.28. The highest BCUT2D eigenvalue weighted by molar-refractivity contribution is 5.94. The maximum absolute atomic E-state index is 11.0. The maximum atomic E-state index is 11.0. The Morgan fingerprint density at radius 1 is 1.33 bits per heavy atom. The lowest BCUT2D eigenvalue weighted by atomic mass is 10.2. The number of pyridine rings is 1.